The van der Waals surface area contributed by atoms with Crippen molar-refractivity contribution in [1.82, 2.24) is 16.0 Å². The van der Waals surface area contributed by atoms with Crippen LogP contribution in [0, 0.1) is 314 Å². The molecule has 0 aliphatic carbocycles. The van der Waals surface area contributed by atoms with Gasteiger partial charge in [-0.3, -0.25) is 19.2 Å². The molecule has 3 amide bonds. The van der Waals surface area contributed by atoms with Gasteiger partial charge in [-0.15, -0.1) is 0 Å². The maximum atomic E-state index is 12.4. The van der Waals surface area contributed by atoms with Crippen molar-refractivity contribution in [2.24, 2.45) is 5.92 Å². The molecule has 2 saturated heterocycles. The van der Waals surface area contributed by atoms with Crippen LogP contribution in [0.15, 0.2) is 0 Å². The van der Waals surface area contributed by atoms with Gasteiger partial charge in [-0.1, -0.05) is 44.7 Å². The van der Waals surface area contributed by atoms with E-state index in [-0.39, 0.29) is 365 Å². The van der Waals surface area contributed by atoms with Gasteiger partial charge in [-0.2, -0.15) is 0 Å². The van der Waals surface area contributed by atoms with Gasteiger partial charge in [0, 0.05) is 361 Å². The van der Waals surface area contributed by atoms with E-state index in [1.165, 1.54) is 7.05 Å². The summed E-state index contributed by atoms with van der Waals surface area (Å²) in [5, 5.41) is 57.7. The van der Waals surface area contributed by atoms with Gasteiger partial charge in [-0.05, 0) is 32.1 Å². The Hall–Kier alpha value is 7.53. The molecular weight excluding hydrogens is 2300 g/mol. The molecule has 10 N–H and O–H groups in total. The van der Waals surface area contributed by atoms with E-state index < -0.39 is 73.9 Å². The zero-order valence-corrected chi connectivity index (χ0v) is 68.7. The summed E-state index contributed by atoms with van der Waals surface area (Å²) in [6.45, 7) is 2.45. The van der Waals surface area contributed by atoms with E-state index in [2.05, 4.69) is 16.0 Å². The van der Waals surface area contributed by atoms with E-state index in [1.807, 2.05) is 0 Å². The summed E-state index contributed by atoms with van der Waals surface area (Å²) in [7, 11) is 1.45. The van der Waals surface area contributed by atoms with Crippen LogP contribution in [-0.2, 0) is 42.9 Å². The minimum atomic E-state index is -1.46. The third-order valence-corrected chi connectivity index (χ3v) is 9.41. The van der Waals surface area contributed by atoms with Gasteiger partial charge in [0.05, 0.1) is 25.2 Å². The normalized spacial score (nSPS) is 25.6. The van der Waals surface area contributed by atoms with Crippen LogP contribution in [0.5, 0.6) is 0 Å². The predicted molar refractivity (Wildman–Crippen MR) is 192 cm³/mol. The molecule has 0 bridgehead atoms. The minimum absolute atomic E-state index is 0. The van der Waals surface area contributed by atoms with Crippen LogP contribution in [0.2, 0.25) is 0 Å². The second-order valence-electron chi connectivity index (χ2n) is 13.8. The van der Waals surface area contributed by atoms with Crippen molar-refractivity contribution in [3.8, 4) is 0 Å². The molecule has 11 atom stereocenters. The van der Waals surface area contributed by atoms with Gasteiger partial charge in [0.25, 0.3) is 0 Å². The van der Waals surface area contributed by atoms with Gasteiger partial charge < -0.3 is 76.6 Å². The molecule has 26 heteroatoms. The quantitative estimate of drug-likeness (QED) is 0.0404. The second kappa shape index (κ2) is 48.5. The van der Waals surface area contributed by atoms with Crippen LogP contribution in [0.25, 0.3) is 11.5 Å². The molecule has 0 spiro atoms. The fourth-order valence-corrected chi connectivity index (χ4v) is 5.77. The Kier molecular flexibility index (Phi) is 63.5. The summed E-state index contributed by atoms with van der Waals surface area (Å²) in [5.41, 5.74) is 16.0. The summed E-state index contributed by atoms with van der Waals surface area (Å²) in [6.07, 6.45) is -3.37. The standard InChI is InChI=1S/C35H63N5O14.7Ac/c1-21(33(49)40-16-8-4-6-10-17-50-34-27(36)31(47)29(45)22(19-41)53-34)11-12-25(43)39-15-7-3-5-9-18-51-35-28(37)32(48)30(46)23(54-35)20-52-26(44)14-13-24(42)38-2;;;;;;;/h21-23,27-32,34-37,41,45-48H,3-20H2,1-2H3,(H,38,42)(H,39,43)(H,40,49);;;;;;;/q-2;;;;;;;. The summed E-state index contributed by atoms with van der Waals surface area (Å²) < 4.78 is 27.2. The van der Waals surface area contributed by atoms with E-state index in [0.29, 0.717) is 39.0 Å². The van der Waals surface area contributed by atoms with Gasteiger partial charge >= 0.3 is 5.97 Å². The smallest absolute Gasteiger partial charge is 0.306 e. The van der Waals surface area contributed by atoms with E-state index in [9.17, 15) is 44.7 Å². The van der Waals surface area contributed by atoms with Crippen molar-refractivity contribution in [3.63, 3.8) is 0 Å². The first-order valence-corrected chi connectivity index (χ1v) is 19.0. The molecule has 2 heterocycles. The average molecular weight is 2370 g/mol. The van der Waals surface area contributed by atoms with Crippen molar-refractivity contribution in [1.29, 1.82) is 0 Å². The SMILES string of the molecule is CNC(=O)CCC(=O)OCC1OC(OCCCCCCNC(=O)CCC(C)C(=O)NCCCCCCOC2OC(CO)C(O)C(O)C2[NH-])C([NH-])C(O)C1O.[Ac].[Ac].[Ac].[Ac].[Ac].[Ac].[Ac]. The Labute approximate surface area is 611 Å². The number of hydrogen-bond donors (Lipinski definition) is 8. The van der Waals surface area contributed by atoms with Gasteiger partial charge in [0.1, 0.15) is 43.6 Å². The molecule has 335 valence electrons. The monoisotopic (exact) mass is 2370 g/mol. The summed E-state index contributed by atoms with van der Waals surface area (Å²) >= 11 is 0. The topological polar surface area (TPSA) is 299 Å². The molecule has 0 aromatic rings. The number of esters is 1. The van der Waals surface area contributed by atoms with Crippen molar-refractivity contribution >= 4 is 23.7 Å². The van der Waals surface area contributed by atoms with E-state index in [1.54, 1.807) is 6.92 Å². The largest absolute Gasteiger partial charge is 0.668 e. The predicted octanol–water partition coefficient (Wildman–Crippen LogP) is -0.414. The molecule has 2 aliphatic rings. The van der Waals surface area contributed by atoms with Crippen LogP contribution < -0.4 is 16.0 Å². The summed E-state index contributed by atoms with van der Waals surface area (Å²) in [5.74, 6) is -1.54. The number of ether oxygens (including phenoxy) is 5. The Morgan fingerprint density at radius 2 is 1.08 bits per heavy atom. The van der Waals surface area contributed by atoms with Crippen LogP contribution in [0.3, 0.4) is 0 Å². The number of hydrogen-bond acceptors (Lipinski definition) is 14. The average Bonchev–Trinajstić information content (AvgIpc) is 3.16. The molecule has 2 fully saturated rings. The minimum Gasteiger partial charge on any atom is -0.668 e. The molecule has 0 aromatic heterocycles. The van der Waals surface area contributed by atoms with Crippen molar-refractivity contribution in [2.45, 2.75) is 145 Å². The molecule has 61 heavy (non-hydrogen) atoms. The van der Waals surface area contributed by atoms with Crippen LogP contribution in [0.1, 0.15) is 84.0 Å². The number of carbonyl (C=O) groups excluding carboxylic acids is 4. The van der Waals surface area contributed by atoms with Crippen molar-refractivity contribution in [2.75, 3.05) is 46.6 Å². The fraction of sp³-hybridized carbons (Fsp3) is 0.886. The van der Waals surface area contributed by atoms with Gasteiger partial charge in [0.2, 0.25) is 17.7 Å². The Morgan fingerprint density at radius 1 is 0.623 bits per heavy atom. The zero-order chi connectivity index (χ0) is 40.0. The van der Waals surface area contributed by atoms with Crippen molar-refractivity contribution < 1.29 is 377 Å². The third-order valence-electron chi connectivity index (χ3n) is 9.41. The van der Waals surface area contributed by atoms with Gasteiger partial charge in [-0.25, -0.2) is 0 Å². The molecule has 7 radical (unpaired) electrons. The summed E-state index contributed by atoms with van der Waals surface area (Å²) in [6, 6.07) is -2.43. The zero-order valence-electron chi connectivity index (χ0n) is 35.5. The second-order valence-corrected chi connectivity index (χ2v) is 13.8. The maximum Gasteiger partial charge on any atom is 0.306 e. The number of aliphatic hydroxyl groups excluding tert-OH is 5. The van der Waals surface area contributed by atoms with Crippen LogP contribution in [0.4, 0.5) is 0 Å². The molecule has 0 aromatic carbocycles. The van der Waals surface area contributed by atoms with Crippen LogP contribution >= 0.6 is 0 Å². The number of aliphatic hydroxyl groups is 5. The Balaban J connectivity index is -0.00000108. The summed E-state index contributed by atoms with van der Waals surface area (Å²) in [4.78, 5) is 47.9. The third kappa shape index (κ3) is 33.9. The first kappa shape index (κ1) is 79.9. The number of rotatable bonds is 26. The molecule has 0 saturated carbocycles. The van der Waals surface area contributed by atoms with E-state index in [0.717, 1.165) is 38.5 Å². The first-order valence-electron chi connectivity index (χ1n) is 19.0. The van der Waals surface area contributed by atoms with Gasteiger partial charge in [0.15, 0.2) is 0 Å². The Morgan fingerprint density at radius 3 is 1.57 bits per heavy atom. The van der Waals surface area contributed by atoms with Crippen molar-refractivity contribution in [3.05, 3.63) is 11.5 Å². The van der Waals surface area contributed by atoms with E-state index in [4.69, 9.17) is 35.2 Å². The number of unbranched alkanes of at least 4 members (excludes halogenated alkanes) is 6. The molecule has 19 nitrogen and oxygen atoms in total. The van der Waals surface area contributed by atoms with E-state index >= 15 is 0 Å². The Bertz CT molecular complexity index is 1140. The number of carbonyl (C=O) groups is 4. The molecule has 2 rings (SSSR count). The number of amides is 3. The number of nitrogens with one attached hydrogen (secondary N) is 5. The molecule has 11 unspecified atom stereocenters. The molecular formula is C35H63Ac7N5O14-2. The fourth-order valence-electron chi connectivity index (χ4n) is 5.77. The first-order chi connectivity index (χ1) is 25.8. The molecule has 2 aliphatic heterocycles. The van der Waals surface area contributed by atoms with Crippen LogP contribution in [-0.4, -0.2) is 157 Å². The maximum absolute atomic E-state index is 12.4.